The molecule has 1 amide bonds. The predicted octanol–water partition coefficient (Wildman–Crippen LogP) is 2.70. The van der Waals surface area contributed by atoms with E-state index >= 15 is 0 Å². The fourth-order valence-electron chi connectivity index (χ4n) is 3.44. The molecule has 5 nitrogen and oxygen atoms in total. The van der Waals surface area contributed by atoms with Gasteiger partial charge in [0.2, 0.25) is 0 Å². The first kappa shape index (κ1) is 16.4. The number of aromatic hydroxyl groups is 1. The molecule has 2 aromatic rings. The SMILES string of the molecule is O=C(c1cccc(O)c1)N1CC2(C[C@H](OCc3cccnc3)CS2)C1. The number of phenols is 1. The van der Waals surface area contributed by atoms with Crippen LogP contribution >= 0.6 is 11.8 Å². The largest absolute Gasteiger partial charge is 0.508 e. The van der Waals surface area contributed by atoms with Gasteiger partial charge in [-0.1, -0.05) is 12.1 Å². The van der Waals surface area contributed by atoms with Gasteiger partial charge in [0.25, 0.3) is 5.91 Å². The first-order chi connectivity index (χ1) is 12.1. The number of pyridine rings is 1. The van der Waals surface area contributed by atoms with Crippen molar-refractivity contribution < 1.29 is 14.6 Å². The summed E-state index contributed by atoms with van der Waals surface area (Å²) in [6, 6.07) is 10.5. The Labute approximate surface area is 151 Å². The van der Waals surface area contributed by atoms with Crippen LogP contribution in [0.3, 0.4) is 0 Å². The van der Waals surface area contributed by atoms with Crippen LogP contribution in [-0.4, -0.2) is 50.6 Å². The van der Waals surface area contributed by atoms with Crippen molar-refractivity contribution >= 4 is 17.7 Å². The Balaban J connectivity index is 1.29. The molecule has 1 spiro atoms. The Morgan fingerprint density at radius 3 is 3.00 bits per heavy atom. The minimum Gasteiger partial charge on any atom is -0.508 e. The molecule has 2 saturated heterocycles. The van der Waals surface area contributed by atoms with E-state index in [1.54, 1.807) is 24.4 Å². The number of hydrogen-bond donors (Lipinski definition) is 1. The lowest BCUT2D eigenvalue weighted by atomic mass is 9.92. The maximum absolute atomic E-state index is 12.5. The Morgan fingerprint density at radius 1 is 1.36 bits per heavy atom. The van der Waals surface area contributed by atoms with E-state index in [0.717, 1.165) is 30.8 Å². The van der Waals surface area contributed by atoms with Crippen molar-refractivity contribution in [2.24, 2.45) is 0 Å². The summed E-state index contributed by atoms with van der Waals surface area (Å²) in [4.78, 5) is 18.4. The molecule has 1 N–H and O–H groups in total. The monoisotopic (exact) mass is 356 g/mol. The van der Waals surface area contributed by atoms with Crippen molar-refractivity contribution in [2.75, 3.05) is 18.8 Å². The number of likely N-dealkylation sites (tertiary alicyclic amines) is 1. The summed E-state index contributed by atoms with van der Waals surface area (Å²) in [5.41, 5.74) is 1.63. The lowest BCUT2D eigenvalue weighted by Gasteiger charge is -2.47. The van der Waals surface area contributed by atoms with Gasteiger partial charge in [-0.05, 0) is 36.2 Å². The number of nitrogens with zero attached hydrogens (tertiary/aromatic N) is 2. The molecule has 25 heavy (non-hydrogen) atoms. The maximum atomic E-state index is 12.5. The Kier molecular flexibility index (Phi) is 4.39. The molecular formula is C19H20N2O3S. The zero-order chi connectivity index (χ0) is 17.3. The maximum Gasteiger partial charge on any atom is 0.254 e. The number of thioether (sulfide) groups is 1. The van der Waals surface area contributed by atoms with E-state index in [0.29, 0.717) is 12.2 Å². The molecule has 0 radical (unpaired) electrons. The van der Waals surface area contributed by atoms with Crippen LogP contribution in [0, 0.1) is 0 Å². The summed E-state index contributed by atoms with van der Waals surface area (Å²) in [5.74, 6) is 1.08. The van der Waals surface area contributed by atoms with Crippen LogP contribution in [0.2, 0.25) is 0 Å². The molecule has 1 aromatic carbocycles. The third kappa shape index (κ3) is 3.50. The fourth-order valence-corrected chi connectivity index (χ4v) is 4.99. The third-order valence-electron chi connectivity index (χ3n) is 4.72. The van der Waals surface area contributed by atoms with Crippen molar-refractivity contribution in [3.63, 3.8) is 0 Å². The van der Waals surface area contributed by atoms with Crippen molar-refractivity contribution in [2.45, 2.75) is 23.9 Å². The molecule has 0 aliphatic carbocycles. The fraction of sp³-hybridized carbons (Fsp3) is 0.368. The van der Waals surface area contributed by atoms with Gasteiger partial charge in [-0.2, -0.15) is 0 Å². The molecule has 2 aliphatic heterocycles. The van der Waals surface area contributed by atoms with Gasteiger partial charge < -0.3 is 14.7 Å². The van der Waals surface area contributed by atoms with Gasteiger partial charge in [0.1, 0.15) is 5.75 Å². The van der Waals surface area contributed by atoms with E-state index < -0.39 is 0 Å². The van der Waals surface area contributed by atoms with Crippen LogP contribution in [-0.2, 0) is 11.3 Å². The second-order valence-electron chi connectivity index (χ2n) is 6.70. The van der Waals surface area contributed by atoms with Gasteiger partial charge in [-0.25, -0.2) is 0 Å². The number of amides is 1. The minimum absolute atomic E-state index is 0.0122. The van der Waals surface area contributed by atoms with E-state index in [4.69, 9.17) is 4.74 Å². The van der Waals surface area contributed by atoms with Crippen LogP contribution in [0.4, 0.5) is 0 Å². The van der Waals surface area contributed by atoms with E-state index in [2.05, 4.69) is 4.98 Å². The van der Waals surface area contributed by atoms with Crippen molar-refractivity contribution in [1.82, 2.24) is 9.88 Å². The van der Waals surface area contributed by atoms with Gasteiger partial charge in [-0.3, -0.25) is 9.78 Å². The van der Waals surface area contributed by atoms with Crippen LogP contribution in [0.25, 0.3) is 0 Å². The first-order valence-electron chi connectivity index (χ1n) is 8.36. The number of benzene rings is 1. The molecular weight excluding hydrogens is 336 g/mol. The van der Waals surface area contributed by atoms with E-state index in [9.17, 15) is 9.90 Å². The normalized spacial score (nSPS) is 21.3. The number of rotatable bonds is 4. The summed E-state index contributed by atoms with van der Waals surface area (Å²) in [7, 11) is 0. The highest BCUT2D eigenvalue weighted by Crippen LogP contribution is 2.46. The number of phenolic OH excluding ortho intramolecular Hbond substituents is 1. The molecule has 0 bridgehead atoms. The van der Waals surface area contributed by atoms with Gasteiger partial charge in [-0.15, -0.1) is 11.8 Å². The highest BCUT2D eigenvalue weighted by Gasteiger charge is 2.51. The van der Waals surface area contributed by atoms with Crippen molar-refractivity contribution in [3.05, 3.63) is 59.9 Å². The molecule has 2 aliphatic rings. The average Bonchev–Trinajstić information content (AvgIpc) is 3.04. The van der Waals surface area contributed by atoms with E-state index in [1.165, 1.54) is 6.07 Å². The quantitative estimate of drug-likeness (QED) is 0.913. The second kappa shape index (κ2) is 6.69. The first-order valence-corrected chi connectivity index (χ1v) is 9.35. The Morgan fingerprint density at radius 2 is 2.24 bits per heavy atom. The lowest BCUT2D eigenvalue weighted by molar-refractivity contribution is 0.0254. The molecule has 3 heterocycles. The van der Waals surface area contributed by atoms with Gasteiger partial charge in [0, 0.05) is 36.8 Å². The standard InChI is InChI=1S/C19H20N2O3S/c22-16-5-1-4-15(7-16)18(23)21-12-19(13-21)8-17(11-25-19)24-10-14-3-2-6-20-9-14/h1-7,9,17,22H,8,10-13H2/t17-/m0/s1. The summed E-state index contributed by atoms with van der Waals surface area (Å²) >= 11 is 1.91. The molecule has 4 rings (SSSR count). The smallest absolute Gasteiger partial charge is 0.254 e. The molecule has 130 valence electrons. The number of ether oxygens (including phenoxy) is 1. The van der Waals surface area contributed by atoms with Crippen LogP contribution < -0.4 is 0 Å². The highest BCUT2D eigenvalue weighted by atomic mass is 32.2. The third-order valence-corrected chi connectivity index (χ3v) is 6.30. The zero-order valence-corrected chi connectivity index (χ0v) is 14.6. The lowest BCUT2D eigenvalue weighted by Crippen LogP contribution is -2.60. The molecule has 1 aromatic heterocycles. The Hall–Kier alpha value is -2.05. The number of carbonyl (C=O) groups is 1. The van der Waals surface area contributed by atoms with Gasteiger partial charge in [0.05, 0.1) is 17.5 Å². The average molecular weight is 356 g/mol. The number of hydrogen-bond acceptors (Lipinski definition) is 5. The topological polar surface area (TPSA) is 62.7 Å². The molecule has 0 unspecified atom stereocenters. The van der Waals surface area contributed by atoms with Crippen molar-refractivity contribution in [1.29, 1.82) is 0 Å². The summed E-state index contributed by atoms with van der Waals surface area (Å²) in [6.07, 6.45) is 4.79. The molecule has 2 fully saturated rings. The van der Waals surface area contributed by atoms with E-state index in [-0.39, 0.29) is 22.5 Å². The van der Waals surface area contributed by atoms with Gasteiger partial charge >= 0.3 is 0 Å². The zero-order valence-electron chi connectivity index (χ0n) is 13.8. The number of aromatic nitrogens is 1. The van der Waals surface area contributed by atoms with Crippen LogP contribution in [0.15, 0.2) is 48.8 Å². The van der Waals surface area contributed by atoms with Crippen molar-refractivity contribution in [3.8, 4) is 5.75 Å². The van der Waals surface area contributed by atoms with Gasteiger partial charge in [0.15, 0.2) is 0 Å². The number of carbonyl (C=O) groups excluding carboxylic acids is 1. The summed E-state index contributed by atoms with van der Waals surface area (Å²) < 4.78 is 6.15. The second-order valence-corrected chi connectivity index (χ2v) is 8.19. The summed E-state index contributed by atoms with van der Waals surface area (Å²) in [5, 5.41) is 9.53. The van der Waals surface area contributed by atoms with Crippen LogP contribution in [0.1, 0.15) is 22.3 Å². The predicted molar refractivity (Wildman–Crippen MR) is 96.6 cm³/mol. The van der Waals surface area contributed by atoms with Crippen LogP contribution in [0.5, 0.6) is 5.75 Å². The Bertz CT molecular complexity index is 762. The molecule has 0 saturated carbocycles. The molecule has 1 atom stereocenters. The van der Waals surface area contributed by atoms with E-state index in [1.807, 2.05) is 35.0 Å². The molecule has 6 heteroatoms. The minimum atomic E-state index is -0.0122. The summed E-state index contributed by atoms with van der Waals surface area (Å²) in [6.45, 7) is 2.08. The highest BCUT2D eigenvalue weighted by molar-refractivity contribution is 8.01.